The van der Waals surface area contributed by atoms with Gasteiger partial charge in [-0.3, -0.25) is 0 Å². The van der Waals surface area contributed by atoms with Gasteiger partial charge in [0.1, 0.15) is 0 Å². The summed E-state index contributed by atoms with van der Waals surface area (Å²) in [5, 5.41) is 0. The lowest BCUT2D eigenvalue weighted by atomic mass is 10.4. The van der Waals surface area contributed by atoms with Gasteiger partial charge in [-0.15, -0.1) is 0 Å². The number of aromatic nitrogens is 1. The first-order chi connectivity index (χ1) is 5.20. The van der Waals surface area contributed by atoms with Crippen LogP contribution in [-0.2, 0) is 0 Å². The molecular weight excluding hydrogens is 172 g/mol. The normalized spacial score (nSPS) is 9.33. The number of nitrogens with zero attached hydrogens (tertiary/aromatic N) is 1. The zero-order valence-electron chi connectivity index (χ0n) is 7.71. The highest BCUT2D eigenvalue weighted by Gasteiger charge is 2.03. The van der Waals surface area contributed by atoms with Crippen molar-refractivity contribution >= 4 is 0 Å². The molecule has 0 unspecified atom stereocenters. The van der Waals surface area contributed by atoms with Crippen molar-refractivity contribution < 1.29 is 17.1 Å². The Morgan fingerprint density at radius 2 is 2.00 bits per heavy atom. The molecule has 0 spiro atoms. The van der Waals surface area contributed by atoms with E-state index in [0.717, 1.165) is 0 Å². The third-order valence-corrected chi connectivity index (χ3v) is 1.46. The smallest absolute Gasteiger partial charge is 0.208 e. The third kappa shape index (κ3) is 3.09. The molecule has 1 aromatic rings. The Balaban J connectivity index is 0.00000121. The van der Waals surface area contributed by atoms with Crippen LogP contribution < -0.4 is 22.5 Å². The summed E-state index contributed by atoms with van der Waals surface area (Å²) in [7, 11) is 0. The van der Waals surface area contributed by atoms with Gasteiger partial charge in [-0.05, 0) is 19.9 Å². The zero-order chi connectivity index (χ0) is 8.27. The molecule has 0 saturated carbocycles. The minimum absolute atomic E-state index is 0. The summed E-state index contributed by atoms with van der Waals surface area (Å²) < 4.78 is 2.03. The Morgan fingerprint density at radius 3 is 2.50 bits per heavy atom. The summed E-state index contributed by atoms with van der Waals surface area (Å²) in [6.45, 7) is 6.33. The lowest BCUT2D eigenvalue weighted by Gasteiger charge is -2.04. The van der Waals surface area contributed by atoms with E-state index in [-0.39, 0.29) is 12.4 Å². The van der Waals surface area contributed by atoms with Crippen LogP contribution in [0.4, 0.5) is 0 Å². The fraction of sp³-hybridized carbons (Fsp3) is 0.444. The maximum Gasteiger partial charge on any atom is 0.208 e. The Labute approximate surface area is 80.0 Å². The monoisotopic (exact) mass is 186 g/mol. The van der Waals surface area contributed by atoms with Gasteiger partial charge in [0.2, 0.25) is 5.69 Å². The topological polar surface area (TPSA) is 15.9 Å². The number of aryl methyl sites for hydroxylation is 1. The van der Waals surface area contributed by atoms with E-state index in [1.54, 1.807) is 0 Å². The summed E-state index contributed by atoms with van der Waals surface area (Å²) in [5.74, 6) is 0. The van der Waals surface area contributed by atoms with E-state index in [1.807, 2.05) is 23.0 Å². The first kappa shape index (κ1) is 11.2. The molecule has 0 radical (unpaired) electrons. The van der Waals surface area contributed by atoms with Crippen LogP contribution in [0, 0.1) is 6.92 Å². The van der Waals surface area contributed by atoms with Crippen LogP contribution in [0.5, 0.6) is 0 Å². The summed E-state index contributed by atoms with van der Waals surface area (Å²) in [6.07, 6.45) is 2.02. The van der Waals surface area contributed by atoms with Gasteiger partial charge in [0, 0.05) is 19.1 Å². The molecule has 0 aliphatic rings. The molecule has 0 amide bonds. The Bertz CT molecular complexity index is 236. The molecule has 0 aliphatic carbocycles. The quantitative estimate of drug-likeness (QED) is 0.542. The molecule has 1 heterocycles. The molecule has 68 valence electrons. The van der Waals surface area contributed by atoms with Gasteiger partial charge >= 0.3 is 0 Å². The second kappa shape index (κ2) is 4.99. The molecule has 3 heteroatoms. The van der Waals surface area contributed by atoms with Gasteiger partial charge in [0.25, 0.3) is 0 Å². The third-order valence-electron chi connectivity index (χ3n) is 1.46. The number of rotatable bonds is 2. The van der Waals surface area contributed by atoms with E-state index in [0.29, 0.717) is 6.04 Å². The maximum absolute atomic E-state index is 3.29. The Morgan fingerprint density at radius 1 is 1.33 bits per heavy atom. The number of halogens is 1. The highest BCUT2D eigenvalue weighted by Crippen LogP contribution is 1.86. The average Bonchev–Trinajstić information content (AvgIpc) is 1.93. The van der Waals surface area contributed by atoms with Crippen LogP contribution in [0.15, 0.2) is 24.4 Å². The second-order valence-corrected chi connectivity index (χ2v) is 3.00. The minimum Gasteiger partial charge on any atom is -1.00 e. The van der Waals surface area contributed by atoms with Crippen molar-refractivity contribution in [3.8, 4) is 0 Å². The molecule has 0 fully saturated rings. The SMILES string of the molecule is Cc1cccc[n+]1NC(C)C.[Cl-]. The molecule has 0 saturated heterocycles. The largest absolute Gasteiger partial charge is 1.00 e. The van der Waals surface area contributed by atoms with E-state index in [2.05, 4.69) is 32.3 Å². The molecule has 12 heavy (non-hydrogen) atoms. The molecule has 0 bridgehead atoms. The van der Waals surface area contributed by atoms with Gasteiger partial charge in [-0.2, -0.15) is 5.43 Å². The molecule has 0 aliphatic heterocycles. The molecule has 1 N–H and O–H groups in total. The molecule has 1 rings (SSSR count). The van der Waals surface area contributed by atoms with E-state index < -0.39 is 0 Å². The van der Waals surface area contributed by atoms with Gasteiger partial charge in [-0.25, -0.2) is 0 Å². The van der Waals surface area contributed by atoms with E-state index >= 15 is 0 Å². The summed E-state index contributed by atoms with van der Waals surface area (Å²) in [5.41, 5.74) is 4.51. The van der Waals surface area contributed by atoms with Crippen LogP contribution in [0.2, 0.25) is 0 Å². The predicted molar refractivity (Wildman–Crippen MR) is 45.9 cm³/mol. The molecular formula is C9H15ClN2. The fourth-order valence-electron chi connectivity index (χ4n) is 0.951. The van der Waals surface area contributed by atoms with Gasteiger partial charge in [-0.1, -0.05) is 4.68 Å². The standard InChI is InChI=1S/C9H15N2.ClH/c1-8(2)10-11-7-5-4-6-9(11)3;/h4-8,10H,1-3H3;1H/q+1;/p-1. The zero-order valence-corrected chi connectivity index (χ0v) is 8.47. The summed E-state index contributed by atoms with van der Waals surface area (Å²) in [4.78, 5) is 0. The van der Waals surface area contributed by atoms with Crippen LogP contribution in [0.1, 0.15) is 19.5 Å². The van der Waals surface area contributed by atoms with Crippen molar-refractivity contribution in [3.63, 3.8) is 0 Å². The minimum atomic E-state index is 0. The van der Waals surface area contributed by atoms with E-state index in [4.69, 9.17) is 0 Å². The molecule has 2 nitrogen and oxygen atoms in total. The average molecular weight is 187 g/mol. The van der Waals surface area contributed by atoms with Crippen molar-refractivity contribution in [3.05, 3.63) is 30.1 Å². The van der Waals surface area contributed by atoms with E-state index in [1.165, 1.54) is 5.69 Å². The second-order valence-electron chi connectivity index (χ2n) is 3.00. The van der Waals surface area contributed by atoms with E-state index in [9.17, 15) is 0 Å². The van der Waals surface area contributed by atoms with Crippen molar-refractivity contribution in [2.24, 2.45) is 0 Å². The van der Waals surface area contributed by atoms with Gasteiger partial charge < -0.3 is 12.4 Å². The first-order valence-electron chi connectivity index (χ1n) is 3.94. The van der Waals surface area contributed by atoms with Crippen molar-refractivity contribution in [2.45, 2.75) is 26.8 Å². The lowest BCUT2D eigenvalue weighted by Crippen LogP contribution is -3.00. The first-order valence-corrected chi connectivity index (χ1v) is 3.94. The summed E-state index contributed by atoms with van der Waals surface area (Å²) in [6, 6.07) is 6.60. The number of hydrogen-bond acceptors (Lipinski definition) is 1. The highest BCUT2D eigenvalue weighted by atomic mass is 35.5. The van der Waals surface area contributed by atoms with Gasteiger partial charge in [0.15, 0.2) is 6.20 Å². The van der Waals surface area contributed by atoms with Crippen LogP contribution >= 0.6 is 0 Å². The fourth-order valence-corrected chi connectivity index (χ4v) is 0.951. The molecule has 1 aromatic heterocycles. The van der Waals surface area contributed by atoms with Crippen molar-refractivity contribution in [1.82, 2.24) is 0 Å². The van der Waals surface area contributed by atoms with Crippen LogP contribution in [0.25, 0.3) is 0 Å². The summed E-state index contributed by atoms with van der Waals surface area (Å²) >= 11 is 0. The molecule has 0 aromatic carbocycles. The highest BCUT2D eigenvalue weighted by molar-refractivity contribution is 4.94. The Kier molecular flexibility index (Phi) is 4.67. The maximum atomic E-state index is 3.29. The van der Waals surface area contributed by atoms with Crippen LogP contribution in [-0.4, -0.2) is 6.04 Å². The number of pyridine rings is 1. The van der Waals surface area contributed by atoms with Crippen molar-refractivity contribution in [1.29, 1.82) is 0 Å². The lowest BCUT2D eigenvalue weighted by molar-refractivity contribution is -0.659. The van der Waals surface area contributed by atoms with Crippen LogP contribution in [0.3, 0.4) is 0 Å². The van der Waals surface area contributed by atoms with Crippen molar-refractivity contribution in [2.75, 3.05) is 5.43 Å². The number of nitrogens with one attached hydrogen (secondary N) is 1. The Hall–Kier alpha value is -0.760. The van der Waals surface area contributed by atoms with Gasteiger partial charge in [0.05, 0.1) is 6.04 Å². The molecule has 0 atom stereocenters. The predicted octanol–water partition coefficient (Wildman–Crippen LogP) is -1.76. The number of hydrogen-bond donors (Lipinski definition) is 1.